The minimum atomic E-state index is -0.350. The summed E-state index contributed by atoms with van der Waals surface area (Å²) >= 11 is 9.05. The van der Waals surface area contributed by atoms with E-state index in [-0.39, 0.29) is 18.0 Å². The van der Waals surface area contributed by atoms with E-state index in [0.717, 1.165) is 10.4 Å². The van der Waals surface area contributed by atoms with Crippen LogP contribution in [-0.4, -0.2) is 22.6 Å². The molecule has 0 aliphatic carbocycles. The smallest absolute Gasteiger partial charge is 0.263 e. The molecule has 0 bridgehead atoms. The summed E-state index contributed by atoms with van der Waals surface area (Å²) in [6.07, 6.45) is 1.40. The zero-order valence-corrected chi connectivity index (χ0v) is 17.0. The van der Waals surface area contributed by atoms with E-state index in [9.17, 15) is 9.59 Å². The van der Waals surface area contributed by atoms with Crippen LogP contribution in [0.2, 0.25) is 5.02 Å². The maximum absolute atomic E-state index is 12.9. The second-order valence-corrected chi connectivity index (χ2v) is 8.09. The number of nitrogens with zero attached hydrogens (tertiary/aromatic N) is 2. The van der Waals surface area contributed by atoms with Crippen molar-refractivity contribution in [1.82, 2.24) is 9.55 Å². The predicted octanol–water partition coefficient (Wildman–Crippen LogP) is 4.49. The Kier molecular flexibility index (Phi) is 5.17. The van der Waals surface area contributed by atoms with Crippen LogP contribution in [0, 0.1) is 0 Å². The molecule has 4 rings (SSSR count). The van der Waals surface area contributed by atoms with Crippen LogP contribution in [0.15, 0.2) is 52.2 Å². The largest absolute Gasteiger partial charge is 0.495 e. The van der Waals surface area contributed by atoms with Crippen LogP contribution in [0.5, 0.6) is 5.75 Å². The molecule has 28 heavy (non-hydrogen) atoms. The van der Waals surface area contributed by atoms with E-state index in [1.165, 1.54) is 29.3 Å². The molecular weight excluding hydrogens is 418 g/mol. The third kappa shape index (κ3) is 3.54. The van der Waals surface area contributed by atoms with Crippen LogP contribution < -0.4 is 15.6 Å². The van der Waals surface area contributed by atoms with Gasteiger partial charge in [0.15, 0.2) is 0 Å². The lowest BCUT2D eigenvalue weighted by molar-refractivity contribution is -0.116. The lowest BCUT2D eigenvalue weighted by Crippen LogP contribution is -2.27. The Bertz CT molecular complexity index is 1220. The summed E-state index contributed by atoms with van der Waals surface area (Å²) in [6, 6.07) is 8.84. The molecule has 142 valence electrons. The van der Waals surface area contributed by atoms with E-state index in [1.54, 1.807) is 29.5 Å². The van der Waals surface area contributed by atoms with Gasteiger partial charge < -0.3 is 10.1 Å². The summed E-state index contributed by atoms with van der Waals surface area (Å²) in [4.78, 5) is 31.4. The Balaban J connectivity index is 1.60. The monoisotopic (exact) mass is 431 g/mol. The molecule has 0 saturated heterocycles. The molecule has 9 heteroatoms. The van der Waals surface area contributed by atoms with Crippen molar-refractivity contribution in [3.05, 3.63) is 62.8 Å². The lowest BCUT2D eigenvalue weighted by atomic mass is 10.2. The van der Waals surface area contributed by atoms with Gasteiger partial charge in [0.1, 0.15) is 17.1 Å². The van der Waals surface area contributed by atoms with Crippen molar-refractivity contribution in [2.24, 2.45) is 0 Å². The van der Waals surface area contributed by atoms with Crippen molar-refractivity contribution in [3.8, 4) is 16.2 Å². The first-order chi connectivity index (χ1) is 13.6. The van der Waals surface area contributed by atoms with Crippen LogP contribution in [0.25, 0.3) is 20.7 Å². The van der Waals surface area contributed by atoms with E-state index in [1.807, 2.05) is 22.9 Å². The molecule has 0 aliphatic heterocycles. The van der Waals surface area contributed by atoms with Crippen LogP contribution in [0.3, 0.4) is 0 Å². The molecule has 1 aromatic carbocycles. The molecule has 0 spiro atoms. The Labute approximate surface area is 173 Å². The van der Waals surface area contributed by atoms with Crippen molar-refractivity contribution in [3.63, 3.8) is 0 Å². The molecule has 0 fully saturated rings. The predicted molar refractivity (Wildman–Crippen MR) is 114 cm³/mol. The summed E-state index contributed by atoms with van der Waals surface area (Å²) < 4.78 is 6.41. The van der Waals surface area contributed by atoms with Crippen LogP contribution in [-0.2, 0) is 11.3 Å². The van der Waals surface area contributed by atoms with E-state index in [2.05, 4.69) is 10.3 Å². The quantitative estimate of drug-likeness (QED) is 0.505. The van der Waals surface area contributed by atoms with Gasteiger partial charge in [-0.25, -0.2) is 4.98 Å². The van der Waals surface area contributed by atoms with Crippen molar-refractivity contribution < 1.29 is 9.53 Å². The van der Waals surface area contributed by atoms with Gasteiger partial charge in [0.2, 0.25) is 5.91 Å². The number of nitrogens with one attached hydrogen (secondary N) is 1. The fourth-order valence-corrected chi connectivity index (χ4v) is 4.77. The number of carbonyl (C=O) groups excluding carboxylic acids is 1. The number of rotatable bonds is 5. The van der Waals surface area contributed by atoms with Gasteiger partial charge in [0.25, 0.3) is 5.56 Å². The summed E-state index contributed by atoms with van der Waals surface area (Å²) in [6.45, 7) is -0.148. The molecule has 0 atom stereocenters. The van der Waals surface area contributed by atoms with Gasteiger partial charge in [-0.1, -0.05) is 17.7 Å². The second-order valence-electron chi connectivity index (χ2n) is 5.88. The number of anilines is 1. The molecule has 3 aromatic heterocycles. The Morgan fingerprint density at radius 2 is 2.18 bits per heavy atom. The number of ether oxygens (including phenoxy) is 1. The fourth-order valence-electron chi connectivity index (χ4n) is 2.79. The van der Waals surface area contributed by atoms with E-state index < -0.39 is 0 Å². The van der Waals surface area contributed by atoms with Crippen LogP contribution in [0.1, 0.15) is 0 Å². The number of halogens is 1. The van der Waals surface area contributed by atoms with Gasteiger partial charge in [-0.05, 0) is 29.6 Å². The van der Waals surface area contributed by atoms with Gasteiger partial charge in [-0.15, -0.1) is 22.7 Å². The second kappa shape index (κ2) is 7.75. The summed E-state index contributed by atoms with van der Waals surface area (Å²) in [7, 11) is 1.52. The lowest BCUT2D eigenvalue weighted by Gasteiger charge is -2.09. The molecule has 1 amide bonds. The van der Waals surface area contributed by atoms with E-state index >= 15 is 0 Å². The maximum Gasteiger partial charge on any atom is 0.263 e. The van der Waals surface area contributed by atoms with E-state index in [4.69, 9.17) is 16.3 Å². The SMILES string of the molecule is COc1ccc(NC(=O)Cn2cnc3scc(-c4cccs4)c3c2=O)cc1Cl. The molecule has 0 saturated carbocycles. The highest BCUT2D eigenvalue weighted by Gasteiger charge is 2.15. The molecular formula is C19H14ClN3O3S2. The third-order valence-corrected chi connectivity index (χ3v) is 6.18. The number of hydrogen-bond acceptors (Lipinski definition) is 6. The number of benzene rings is 1. The standard InChI is InChI=1S/C19H14ClN3O3S2/c1-26-14-5-4-11(7-13(14)20)22-16(24)8-23-10-21-18-17(19(23)25)12(9-28-18)15-3-2-6-27-15/h2-7,9-10H,8H2,1H3,(H,22,24). The first-order valence-corrected chi connectivity index (χ1v) is 10.3. The van der Waals surface area contributed by atoms with Crippen molar-refractivity contribution in [1.29, 1.82) is 0 Å². The average Bonchev–Trinajstić information content (AvgIpc) is 3.33. The first-order valence-electron chi connectivity index (χ1n) is 8.20. The summed E-state index contributed by atoms with van der Waals surface area (Å²) in [5.74, 6) is 0.168. The minimum absolute atomic E-state index is 0.148. The number of fused-ring (bicyclic) bond motifs is 1. The Morgan fingerprint density at radius 1 is 1.32 bits per heavy atom. The molecule has 6 nitrogen and oxygen atoms in total. The van der Waals surface area contributed by atoms with Gasteiger partial charge in [-0.3, -0.25) is 14.2 Å². The maximum atomic E-state index is 12.9. The number of hydrogen-bond donors (Lipinski definition) is 1. The number of methoxy groups -OCH3 is 1. The van der Waals surface area contributed by atoms with Crippen LogP contribution >= 0.6 is 34.3 Å². The third-order valence-electron chi connectivity index (χ3n) is 4.10. The van der Waals surface area contributed by atoms with Crippen molar-refractivity contribution in [2.75, 3.05) is 12.4 Å². The highest BCUT2D eigenvalue weighted by molar-refractivity contribution is 7.18. The first kappa shape index (κ1) is 18.7. The summed E-state index contributed by atoms with van der Waals surface area (Å²) in [5, 5.41) is 7.54. The van der Waals surface area contributed by atoms with Gasteiger partial charge in [0, 0.05) is 21.5 Å². The normalized spacial score (nSPS) is 10.9. The molecule has 4 aromatic rings. The average molecular weight is 432 g/mol. The molecule has 0 aliphatic rings. The topological polar surface area (TPSA) is 73.2 Å². The number of thiophene rings is 2. The van der Waals surface area contributed by atoms with Crippen LogP contribution in [0.4, 0.5) is 5.69 Å². The Morgan fingerprint density at radius 3 is 2.89 bits per heavy atom. The molecule has 3 heterocycles. The highest BCUT2D eigenvalue weighted by atomic mass is 35.5. The molecule has 0 unspecified atom stereocenters. The number of amides is 1. The van der Waals surface area contributed by atoms with Crippen molar-refractivity contribution >= 4 is 56.1 Å². The molecule has 0 radical (unpaired) electrons. The van der Waals surface area contributed by atoms with E-state index in [0.29, 0.717) is 26.7 Å². The van der Waals surface area contributed by atoms with Crippen molar-refractivity contribution in [2.45, 2.75) is 6.54 Å². The zero-order chi connectivity index (χ0) is 19.7. The van der Waals surface area contributed by atoms with Gasteiger partial charge in [0.05, 0.1) is 23.8 Å². The fraction of sp³-hybridized carbons (Fsp3) is 0.105. The van der Waals surface area contributed by atoms with Gasteiger partial charge >= 0.3 is 0 Å². The zero-order valence-electron chi connectivity index (χ0n) is 14.6. The summed E-state index contributed by atoms with van der Waals surface area (Å²) in [5.41, 5.74) is 1.13. The minimum Gasteiger partial charge on any atom is -0.495 e. The highest BCUT2D eigenvalue weighted by Crippen LogP contribution is 2.33. The Hall–Kier alpha value is -2.68. The number of carbonyl (C=O) groups is 1. The number of aromatic nitrogens is 2. The van der Waals surface area contributed by atoms with Gasteiger partial charge in [-0.2, -0.15) is 0 Å². The molecule has 1 N–H and O–H groups in total.